The summed E-state index contributed by atoms with van der Waals surface area (Å²) in [6.07, 6.45) is 3.80. The van der Waals surface area contributed by atoms with Crippen LogP contribution in [0.3, 0.4) is 0 Å². The molecule has 0 bridgehead atoms. The molecule has 0 amide bonds. The van der Waals surface area contributed by atoms with Crippen LogP contribution >= 0.6 is 69.6 Å². The van der Waals surface area contributed by atoms with Crippen LogP contribution in [0.1, 0.15) is 34.4 Å². The lowest BCUT2D eigenvalue weighted by Gasteiger charge is -2.32. The molecular weight excluding hydrogens is 629 g/mol. The molecule has 3 nitrogen and oxygen atoms in total. The highest BCUT2D eigenvalue weighted by atomic mass is 35.5. The molecule has 4 aromatic rings. The number of nitrogens with zero attached hydrogens (tertiary/aromatic N) is 2. The minimum absolute atomic E-state index is 0.0397. The lowest BCUT2D eigenvalue weighted by molar-refractivity contribution is 0.0187. The summed E-state index contributed by atoms with van der Waals surface area (Å²) in [6.45, 7) is 1.47. The maximum Gasteiger partial charge on any atom is 0.102 e. The van der Waals surface area contributed by atoms with Crippen LogP contribution < -0.4 is 0 Å². The zero-order chi connectivity index (χ0) is 28.2. The molecule has 1 atom stereocenters. The van der Waals surface area contributed by atoms with Gasteiger partial charge in [-0.3, -0.25) is 0 Å². The van der Waals surface area contributed by atoms with Gasteiger partial charge in [-0.25, -0.2) is 0 Å². The summed E-state index contributed by atoms with van der Waals surface area (Å²) < 4.78 is 6.43. The lowest BCUT2D eigenvalue weighted by Crippen LogP contribution is -2.32. The highest BCUT2D eigenvalue weighted by Crippen LogP contribution is 2.35. The molecule has 1 heterocycles. The topological polar surface area (TPSA) is 15.7 Å². The fourth-order valence-corrected chi connectivity index (χ4v) is 5.93. The zero-order valence-electron chi connectivity index (χ0n) is 21.1. The van der Waals surface area contributed by atoms with Gasteiger partial charge in [0.15, 0.2) is 0 Å². The largest absolute Gasteiger partial charge is 0.367 e. The van der Waals surface area contributed by atoms with Gasteiger partial charge in [-0.05, 0) is 65.2 Å². The highest BCUT2D eigenvalue weighted by Gasteiger charge is 2.27. The Morgan fingerprint density at radius 3 is 1.75 bits per heavy atom. The van der Waals surface area contributed by atoms with E-state index in [1.165, 1.54) is 0 Å². The van der Waals surface area contributed by atoms with Crippen molar-refractivity contribution in [3.8, 4) is 0 Å². The molecule has 5 rings (SSSR count). The van der Waals surface area contributed by atoms with Crippen LogP contribution in [0.5, 0.6) is 0 Å². The zero-order valence-corrected chi connectivity index (χ0v) is 25.6. The first kappa shape index (κ1) is 29.4. The van der Waals surface area contributed by atoms with E-state index in [4.69, 9.17) is 74.3 Å². The van der Waals surface area contributed by atoms with E-state index in [9.17, 15) is 0 Å². The maximum atomic E-state index is 6.63. The molecule has 0 aliphatic carbocycles. The average molecular weight is 653 g/mol. The Hall–Kier alpha value is -2.08. The van der Waals surface area contributed by atoms with Gasteiger partial charge in [0, 0.05) is 54.6 Å². The normalized spacial score (nSPS) is 13.9. The number of halogens is 6. The Morgan fingerprint density at radius 2 is 1.18 bits per heavy atom. The average Bonchev–Trinajstić information content (AvgIpc) is 3.38. The monoisotopic (exact) mass is 650 g/mol. The second-order valence-electron chi connectivity index (χ2n) is 9.43. The summed E-state index contributed by atoms with van der Waals surface area (Å²) in [5, 5.41) is 3.61. The summed E-state index contributed by atoms with van der Waals surface area (Å²) in [6, 6.07) is 26.6. The molecule has 0 N–H and O–H groups in total. The SMILES string of the molecule is Clc1ccc(C(c2ccc(Cl)cc2)N2C=CN(C[C@@H](OCc3ccc(Cl)cc3Cl)c3ccc(Cl)cc3Cl)C2)cc1. The second kappa shape index (κ2) is 13.3. The summed E-state index contributed by atoms with van der Waals surface area (Å²) >= 11 is 37.7. The van der Waals surface area contributed by atoms with E-state index in [0.29, 0.717) is 50.0 Å². The molecule has 40 heavy (non-hydrogen) atoms. The molecule has 0 unspecified atom stereocenters. The molecule has 0 aromatic heterocycles. The Kier molecular flexibility index (Phi) is 9.76. The van der Waals surface area contributed by atoms with E-state index in [1.807, 2.05) is 66.7 Å². The van der Waals surface area contributed by atoms with E-state index in [2.05, 4.69) is 22.2 Å². The van der Waals surface area contributed by atoms with Crippen molar-refractivity contribution in [2.45, 2.75) is 18.8 Å². The molecule has 9 heteroatoms. The third-order valence-electron chi connectivity index (χ3n) is 6.68. The van der Waals surface area contributed by atoms with Crippen LogP contribution in [-0.2, 0) is 11.3 Å². The minimum Gasteiger partial charge on any atom is -0.367 e. The molecule has 0 saturated carbocycles. The van der Waals surface area contributed by atoms with Crippen molar-refractivity contribution >= 4 is 69.6 Å². The fourth-order valence-electron chi connectivity index (χ4n) is 4.68. The van der Waals surface area contributed by atoms with Gasteiger partial charge < -0.3 is 14.5 Å². The summed E-state index contributed by atoms with van der Waals surface area (Å²) in [4.78, 5) is 4.46. The fraction of sp³-hybridized carbons (Fsp3) is 0.161. The molecule has 206 valence electrons. The Morgan fingerprint density at radius 1 is 0.625 bits per heavy atom. The first-order valence-electron chi connectivity index (χ1n) is 12.5. The van der Waals surface area contributed by atoms with Crippen molar-refractivity contribution in [3.05, 3.63) is 150 Å². The predicted molar refractivity (Wildman–Crippen MR) is 168 cm³/mol. The highest BCUT2D eigenvalue weighted by molar-refractivity contribution is 6.35. The van der Waals surface area contributed by atoms with Crippen LogP contribution in [0, 0.1) is 0 Å². The number of rotatable bonds is 9. The van der Waals surface area contributed by atoms with Gasteiger partial charge in [0.05, 0.1) is 19.3 Å². The molecule has 0 saturated heterocycles. The van der Waals surface area contributed by atoms with Crippen LogP contribution in [0.25, 0.3) is 0 Å². The first-order valence-corrected chi connectivity index (χ1v) is 14.7. The quantitative estimate of drug-likeness (QED) is 0.179. The number of hydrogen-bond acceptors (Lipinski definition) is 3. The smallest absolute Gasteiger partial charge is 0.102 e. The number of benzene rings is 4. The first-order chi connectivity index (χ1) is 19.3. The molecule has 0 spiro atoms. The Balaban J connectivity index is 1.38. The molecule has 0 radical (unpaired) electrons. The summed E-state index contributed by atoms with van der Waals surface area (Å²) in [7, 11) is 0. The summed E-state index contributed by atoms with van der Waals surface area (Å²) in [5.74, 6) is 0. The molecule has 1 aliphatic rings. The van der Waals surface area contributed by atoms with Crippen LogP contribution in [0.2, 0.25) is 30.1 Å². The van der Waals surface area contributed by atoms with Gasteiger partial charge in [-0.15, -0.1) is 0 Å². The van der Waals surface area contributed by atoms with Gasteiger partial charge >= 0.3 is 0 Å². The van der Waals surface area contributed by atoms with Crippen molar-refractivity contribution in [2.75, 3.05) is 13.2 Å². The van der Waals surface area contributed by atoms with Gasteiger partial charge in [-0.2, -0.15) is 0 Å². The lowest BCUT2D eigenvalue weighted by atomic mass is 9.97. The van der Waals surface area contributed by atoms with Crippen LogP contribution in [0.4, 0.5) is 0 Å². The number of hydrogen-bond donors (Lipinski definition) is 0. The molecule has 4 aromatic carbocycles. The van der Waals surface area contributed by atoms with Crippen molar-refractivity contribution < 1.29 is 4.74 Å². The second-order valence-corrected chi connectivity index (χ2v) is 12.0. The standard InChI is InChI=1S/C31H24Cl6N2O/c32-23-6-1-20(2-7-23)31(21-3-8-24(33)9-4-21)39-14-13-38(19-39)17-30(27-12-11-26(35)16-29(27)37)40-18-22-5-10-25(34)15-28(22)36/h1-16,30-31H,17-19H2/t30-/m1/s1. The third-order valence-corrected chi connectivity index (χ3v) is 8.34. The van der Waals surface area contributed by atoms with E-state index >= 15 is 0 Å². The minimum atomic E-state index is -0.356. The van der Waals surface area contributed by atoms with E-state index in [1.54, 1.807) is 18.2 Å². The third kappa shape index (κ3) is 7.21. The van der Waals surface area contributed by atoms with Crippen LogP contribution in [-0.4, -0.2) is 23.0 Å². The Bertz CT molecular complexity index is 1450. The van der Waals surface area contributed by atoms with Crippen molar-refractivity contribution in [1.29, 1.82) is 0 Å². The number of ether oxygens (including phenoxy) is 1. The van der Waals surface area contributed by atoms with Gasteiger partial charge in [0.25, 0.3) is 0 Å². The van der Waals surface area contributed by atoms with E-state index in [0.717, 1.165) is 22.3 Å². The van der Waals surface area contributed by atoms with Crippen molar-refractivity contribution in [1.82, 2.24) is 9.80 Å². The van der Waals surface area contributed by atoms with E-state index < -0.39 is 0 Å². The van der Waals surface area contributed by atoms with E-state index in [-0.39, 0.29) is 12.1 Å². The van der Waals surface area contributed by atoms with Gasteiger partial charge in [-0.1, -0.05) is 106 Å². The molecule has 1 aliphatic heterocycles. The molecular formula is C31H24Cl6N2O. The Labute approximate surface area is 264 Å². The van der Waals surface area contributed by atoms with Gasteiger partial charge in [0.1, 0.15) is 6.10 Å². The van der Waals surface area contributed by atoms with Crippen molar-refractivity contribution in [2.24, 2.45) is 0 Å². The van der Waals surface area contributed by atoms with Gasteiger partial charge in [0.2, 0.25) is 0 Å². The predicted octanol–water partition coefficient (Wildman–Crippen LogP) is 10.7. The van der Waals surface area contributed by atoms with Crippen molar-refractivity contribution in [3.63, 3.8) is 0 Å². The maximum absolute atomic E-state index is 6.63. The summed E-state index contributed by atoms with van der Waals surface area (Å²) in [5.41, 5.74) is 3.91. The van der Waals surface area contributed by atoms with Crippen LogP contribution in [0.15, 0.2) is 97.3 Å². The molecule has 0 fully saturated rings.